The van der Waals surface area contributed by atoms with Crippen molar-refractivity contribution in [3.8, 4) is 22.4 Å². The van der Waals surface area contributed by atoms with Gasteiger partial charge in [0.15, 0.2) is 6.20 Å². The predicted octanol–water partition coefficient (Wildman–Crippen LogP) is 3.98. The fourth-order valence-corrected chi connectivity index (χ4v) is 7.97. The minimum absolute atomic E-state index is 0.126. The van der Waals surface area contributed by atoms with Crippen LogP contribution in [0.25, 0.3) is 27.2 Å². The molecule has 1 aliphatic rings. The van der Waals surface area contributed by atoms with E-state index in [0.717, 1.165) is 22.0 Å². The lowest BCUT2D eigenvalue weighted by atomic mass is 9.97. The summed E-state index contributed by atoms with van der Waals surface area (Å²) < 4.78 is 17.3. The standard InChI is InChI=1S/C22H20FN2Si/c1-14-9-10-15-16-11-12-17(24-2)20(23)22(16)26(4,5)21(15)19(14)18-8-6-7-13-25(18)3/h6-13H,1,3-5H3/q+1. The van der Waals surface area contributed by atoms with Crippen molar-refractivity contribution in [3.05, 3.63) is 71.5 Å². The van der Waals surface area contributed by atoms with Gasteiger partial charge in [-0.15, -0.1) is 0 Å². The number of nitrogens with zero attached hydrogens (tertiary/aromatic N) is 2. The second-order valence-corrected chi connectivity index (χ2v) is 11.7. The first-order valence-electron chi connectivity index (χ1n) is 8.68. The van der Waals surface area contributed by atoms with Crippen LogP contribution in [0, 0.1) is 19.3 Å². The van der Waals surface area contributed by atoms with Crippen LogP contribution in [0.4, 0.5) is 10.1 Å². The van der Waals surface area contributed by atoms with E-state index in [1.54, 1.807) is 6.07 Å². The van der Waals surface area contributed by atoms with Crippen LogP contribution in [-0.4, -0.2) is 8.07 Å². The lowest BCUT2D eigenvalue weighted by Crippen LogP contribution is -2.52. The fourth-order valence-electron chi connectivity index (χ4n) is 4.31. The van der Waals surface area contributed by atoms with E-state index in [4.69, 9.17) is 6.57 Å². The van der Waals surface area contributed by atoms with Crippen LogP contribution in [0.1, 0.15) is 5.56 Å². The molecule has 0 radical (unpaired) electrons. The highest BCUT2D eigenvalue weighted by molar-refractivity contribution is 7.04. The number of aryl methyl sites for hydroxylation is 2. The fraction of sp³-hybridized carbons (Fsp3) is 0.182. The average Bonchev–Trinajstić information content (AvgIpc) is 2.84. The summed E-state index contributed by atoms with van der Waals surface area (Å²) in [5.41, 5.74) is 5.76. The molecule has 1 aliphatic heterocycles. The van der Waals surface area contributed by atoms with Gasteiger partial charge in [0.2, 0.25) is 11.4 Å². The van der Waals surface area contributed by atoms with Gasteiger partial charge in [-0.1, -0.05) is 37.4 Å². The molecule has 0 fully saturated rings. The molecule has 26 heavy (non-hydrogen) atoms. The van der Waals surface area contributed by atoms with Gasteiger partial charge in [0.25, 0.3) is 0 Å². The summed E-state index contributed by atoms with van der Waals surface area (Å²) in [7, 11) is -0.243. The zero-order valence-electron chi connectivity index (χ0n) is 15.4. The van der Waals surface area contributed by atoms with Crippen LogP contribution < -0.4 is 14.9 Å². The van der Waals surface area contributed by atoms with Gasteiger partial charge < -0.3 is 0 Å². The van der Waals surface area contributed by atoms with Gasteiger partial charge in [0.05, 0.1) is 6.57 Å². The molecule has 2 aromatic carbocycles. The maximum atomic E-state index is 15.2. The minimum atomic E-state index is -2.29. The Kier molecular flexibility index (Phi) is 3.60. The highest BCUT2D eigenvalue weighted by atomic mass is 28.3. The second-order valence-electron chi connectivity index (χ2n) is 7.43. The molecule has 0 aliphatic carbocycles. The van der Waals surface area contributed by atoms with Gasteiger partial charge in [-0.25, -0.2) is 13.8 Å². The molecule has 0 bridgehead atoms. The molecule has 0 atom stereocenters. The molecular weight excluding hydrogens is 339 g/mol. The first kappa shape index (κ1) is 16.7. The Labute approximate surface area is 154 Å². The molecule has 0 unspecified atom stereocenters. The molecule has 0 N–H and O–H groups in total. The Morgan fingerprint density at radius 1 is 1.00 bits per heavy atom. The Hall–Kier alpha value is -2.77. The van der Waals surface area contributed by atoms with Crippen molar-refractivity contribution in [2.24, 2.45) is 7.05 Å². The summed E-state index contributed by atoms with van der Waals surface area (Å²) in [6.07, 6.45) is 2.04. The van der Waals surface area contributed by atoms with Crippen LogP contribution in [0.5, 0.6) is 0 Å². The maximum absolute atomic E-state index is 15.2. The van der Waals surface area contributed by atoms with Gasteiger partial charge in [0.1, 0.15) is 20.9 Å². The predicted molar refractivity (Wildman–Crippen MR) is 106 cm³/mol. The number of fused-ring (bicyclic) bond motifs is 3. The molecular formula is C22H20FN2Si+. The maximum Gasteiger partial charge on any atom is 0.222 e. The normalized spacial score (nSPS) is 13.8. The average molecular weight is 360 g/mol. The monoisotopic (exact) mass is 359 g/mol. The van der Waals surface area contributed by atoms with Gasteiger partial charge in [-0.3, -0.25) is 0 Å². The van der Waals surface area contributed by atoms with Crippen molar-refractivity contribution in [2.45, 2.75) is 20.0 Å². The number of halogens is 1. The van der Waals surface area contributed by atoms with Crippen LogP contribution in [0.15, 0.2) is 48.7 Å². The summed E-state index contributed by atoms with van der Waals surface area (Å²) >= 11 is 0. The Morgan fingerprint density at radius 2 is 1.69 bits per heavy atom. The van der Waals surface area contributed by atoms with Crippen molar-refractivity contribution in [1.82, 2.24) is 0 Å². The molecule has 128 valence electrons. The van der Waals surface area contributed by atoms with E-state index in [-0.39, 0.29) is 11.5 Å². The van der Waals surface area contributed by atoms with Crippen molar-refractivity contribution in [1.29, 1.82) is 0 Å². The number of pyridine rings is 1. The third-order valence-corrected chi connectivity index (χ3v) is 9.02. The van der Waals surface area contributed by atoms with Gasteiger partial charge in [0, 0.05) is 17.7 Å². The molecule has 1 aromatic heterocycles. The van der Waals surface area contributed by atoms with Crippen molar-refractivity contribution >= 4 is 24.1 Å². The molecule has 0 spiro atoms. The summed E-state index contributed by atoms with van der Waals surface area (Å²) in [5.74, 6) is -0.327. The number of aromatic nitrogens is 1. The van der Waals surface area contributed by atoms with Crippen molar-refractivity contribution in [2.75, 3.05) is 0 Å². The summed E-state index contributed by atoms with van der Waals surface area (Å²) in [6.45, 7) is 13.8. The van der Waals surface area contributed by atoms with Gasteiger partial charge in [-0.2, -0.15) is 0 Å². The molecule has 0 saturated heterocycles. The third-order valence-electron chi connectivity index (χ3n) is 5.51. The number of rotatable bonds is 1. The SMILES string of the molecule is [C-]#[N+]c1ccc2c(c1F)[Si](C)(C)c1c-2ccc(C)c1-c1cccc[n+]1C. The van der Waals surface area contributed by atoms with Crippen LogP contribution in [0.3, 0.4) is 0 Å². The zero-order chi connectivity index (χ0) is 18.6. The Bertz CT molecular complexity index is 1110. The van der Waals surface area contributed by atoms with Crippen molar-refractivity contribution < 1.29 is 8.96 Å². The smallest absolute Gasteiger partial charge is 0.222 e. The first-order valence-corrected chi connectivity index (χ1v) is 11.7. The lowest BCUT2D eigenvalue weighted by molar-refractivity contribution is -0.660. The molecule has 2 nitrogen and oxygen atoms in total. The summed E-state index contributed by atoms with van der Waals surface area (Å²) in [6, 6.07) is 14.0. The van der Waals surface area contributed by atoms with Gasteiger partial charge in [-0.05, 0) is 40.1 Å². The lowest BCUT2D eigenvalue weighted by Gasteiger charge is -2.23. The molecule has 0 saturated carbocycles. The highest BCUT2D eigenvalue weighted by Crippen LogP contribution is 2.36. The van der Waals surface area contributed by atoms with Crippen LogP contribution in [0.2, 0.25) is 13.1 Å². The summed E-state index contributed by atoms with van der Waals surface area (Å²) in [5, 5.41) is 2.04. The number of hydrogen-bond acceptors (Lipinski definition) is 0. The Balaban J connectivity index is 2.12. The zero-order valence-corrected chi connectivity index (χ0v) is 16.4. The van der Waals surface area contributed by atoms with E-state index in [2.05, 4.69) is 47.6 Å². The van der Waals surface area contributed by atoms with E-state index >= 15 is 4.39 Å². The topological polar surface area (TPSA) is 8.24 Å². The number of benzene rings is 2. The van der Waals surface area contributed by atoms with Crippen LogP contribution >= 0.6 is 0 Å². The first-order chi connectivity index (χ1) is 12.4. The van der Waals surface area contributed by atoms with Crippen LogP contribution in [-0.2, 0) is 7.05 Å². The van der Waals surface area contributed by atoms with E-state index in [1.807, 2.05) is 31.4 Å². The second kappa shape index (κ2) is 5.62. The summed E-state index contributed by atoms with van der Waals surface area (Å²) in [4.78, 5) is 3.38. The molecule has 3 aromatic rings. The molecule has 4 heteroatoms. The van der Waals surface area contributed by atoms with E-state index in [9.17, 15) is 0 Å². The molecule has 2 heterocycles. The number of hydrogen-bond donors (Lipinski definition) is 0. The Morgan fingerprint density at radius 3 is 2.38 bits per heavy atom. The highest BCUT2D eigenvalue weighted by Gasteiger charge is 2.43. The van der Waals surface area contributed by atoms with Gasteiger partial charge >= 0.3 is 0 Å². The quantitative estimate of drug-likeness (QED) is 0.353. The largest absolute Gasteiger partial charge is 0.235 e. The van der Waals surface area contributed by atoms with E-state index < -0.39 is 8.07 Å². The van der Waals surface area contributed by atoms with Crippen molar-refractivity contribution in [3.63, 3.8) is 0 Å². The van der Waals surface area contributed by atoms with E-state index in [0.29, 0.717) is 0 Å². The third kappa shape index (κ3) is 2.11. The minimum Gasteiger partial charge on any atom is -0.235 e. The molecule has 4 rings (SSSR count). The van der Waals surface area contributed by atoms with E-state index in [1.165, 1.54) is 16.3 Å². The molecule has 0 amide bonds.